The first kappa shape index (κ1) is 23.3. The van der Waals surface area contributed by atoms with E-state index in [0.717, 1.165) is 42.5 Å². The molecule has 174 valence electrons. The van der Waals surface area contributed by atoms with Gasteiger partial charge in [-0.15, -0.1) is 23.1 Å². The highest BCUT2D eigenvalue weighted by atomic mass is 32.2. The number of carbonyl (C=O) groups is 4. The van der Waals surface area contributed by atoms with Crippen LogP contribution in [-0.2, 0) is 27.2 Å². The summed E-state index contributed by atoms with van der Waals surface area (Å²) < 4.78 is 5.39. The van der Waals surface area contributed by atoms with Gasteiger partial charge in [0.1, 0.15) is 5.00 Å². The van der Waals surface area contributed by atoms with E-state index >= 15 is 0 Å². The van der Waals surface area contributed by atoms with Crippen molar-refractivity contribution in [3.8, 4) is 0 Å². The molecule has 1 saturated carbocycles. The van der Waals surface area contributed by atoms with Crippen molar-refractivity contribution in [1.29, 1.82) is 0 Å². The van der Waals surface area contributed by atoms with E-state index in [1.807, 2.05) is 0 Å². The van der Waals surface area contributed by atoms with Crippen LogP contribution in [0.3, 0.4) is 0 Å². The lowest BCUT2D eigenvalue weighted by atomic mass is 10.1. The molecule has 33 heavy (non-hydrogen) atoms. The van der Waals surface area contributed by atoms with Crippen LogP contribution in [0, 0.1) is 0 Å². The van der Waals surface area contributed by atoms with Crippen LogP contribution in [0.15, 0.2) is 29.2 Å². The summed E-state index contributed by atoms with van der Waals surface area (Å²) >= 11 is 2.59. The van der Waals surface area contributed by atoms with Crippen molar-refractivity contribution in [2.75, 3.05) is 11.1 Å². The number of esters is 1. The Morgan fingerprint density at radius 2 is 1.97 bits per heavy atom. The second-order valence-electron chi connectivity index (χ2n) is 8.09. The predicted molar refractivity (Wildman–Crippen MR) is 127 cm³/mol. The molecule has 4 rings (SSSR count). The molecule has 1 unspecified atom stereocenters. The topological polar surface area (TPSA) is 128 Å². The lowest BCUT2D eigenvalue weighted by Gasteiger charge is -2.15. The smallest absolute Gasteiger partial charge is 0.340 e. The highest BCUT2D eigenvalue weighted by molar-refractivity contribution is 8.00. The van der Waals surface area contributed by atoms with Gasteiger partial charge in [-0.05, 0) is 56.7 Å². The zero-order valence-corrected chi connectivity index (χ0v) is 19.8. The van der Waals surface area contributed by atoms with Crippen LogP contribution in [-0.4, -0.2) is 41.6 Å². The molecule has 0 bridgehead atoms. The number of rotatable bonds is 9. The number of aryl methyl sites for hydroxylation is 1. The molecule has 4 N–H and O–H groups in total. The Bertz CT molecular complexity index is 1110. The Kier molecular flexibility index (Phi) is 7.04. The van der Waals surface area contributed by atoms with E-state index in [4.69, 9.17) is 10.5 Å². The highest BCUT2D eigenvalue weighted by Crippen LogP contribution is 2.39. The average Bonchev–Trinajstić information content (AvgIpc) is 3.36. The Labute approximate surface area is 199 Å². The number of benzene rings is 1. The number of fused-ring (bicyclic) bond motifs is 1. The Morgan fingerprint density at radius 1 is 1.21 bits per heavy atom. The third kappa shape index (κ3) is 5.56. The number of hydrogen-bond donors (Lipinski definition) is 3. The number of nitrogens with two attached hydrogens (primary N) is 1. The van der Waals surface area contributed by atoms with Gasteiger partial charge in [-0.3, -0.25) is 14.4 Å². The average molecular weight is 488 g/mol. The molecule has 1 atom stereocenters. The van der Waals surface area contributed by atoms with E-state index in [-0.39, 0.29) is 23.3 Å². The van der Waals surface area contributed by atoms with Crippen molar-refractivity contribution in [2.45, 2.75) is 56.1 Å². The summed E-state index contributed by atoms with van der Waals surface area (Å²) in [6.45, 7) is 1.47. The number of hydrogen-bond acceptors (Lipinski definition) is 7. The van der Waals surface area contributed by atoms with Crippen molar-refractivity contribution >= 4 is 51.8 Å². The SMILES string of the molecule is CC(OC(=O)c1ccccc1SCC(=O)NC1CC1)C(=O)Nc1sc2c(c1C(N)=O)CCC2. The van der Waals surface area contributed by atoms with Gasteiger partial charge < -0.3 is 21.1 Å². The Morgan fingerprint density at radius 3 is 2.70 bits per heavy atom. The van der Waals surface area contributed by atoms with Gasteiger partial charge in [0.2, 0.25) is 5.91 Å². The van der Waals surface area contributed by atoms with Crippen LogP contribution < -0.4 is 16.4 Å². The van der Waals surface area contributed by atoms with Crippen molar-refractivity contribution in [2.24, 2.45) is 5.73 Å². The van der Waals surface area contributed by atoms with E-state index < -0.39 is 23.9 Å². The maximum Gasteiger partial charge on any atom is 0.340 e. The van der Waals surface area contributed by atoms with Gasteiger partial charge in [0.05, 0.1) is 16.9 Å². The number of amides is 3. The van der Waals surface area contributed by atoms with E-state index in [1.165, 1.54) is 30.0 Å². The van der Waals surface area contributed by atoms with Crippen LogP contribution in [0.5, 0.6) is 0 Å². The highest BCUT2D eigenvalue weighted by Gasteiger charge is 2.28. The van der Waals surface area contributed by atoms with Gasteiger partial charge in [0.15, 0.2) is 6.10 Å². The van der Waals surface area contributed by atoms with Crippen molar-refractivity contribution in [3.63, 3.8) is 0 Å². The summed E-state index contributed by atoms with van der Waals surface area (Å²) in [5, 5.41) is 6.01. The number of anilines is 1. The molecule has 0 aliphatic heterocycles. The van der Waals surface area contributed by atoms with E-state index in [2.05, 4.69) is 10.6 Å². The second-order valence-corrected chi connectivity index (χ2v) is 10.2. The fourth-order valence-corrected chi connectivity index (χ4v) is 5.79. The standard InChI is InChI=1S/C23H25N3O5S2/c1-12(21(29)26-22-19(20(24)28)14-6-4-8-17(14)33-22)31-23(30)15-5-2-3-7-16(15)32-11-18(27)25-13-9-10-13/h2-3,5,7,12-13H,4,6,8-11H2,1H3,(H2,24,28)(H,25,27)(H,26,29). The second kappa shape index (κ2) is 9.96. The normalized spacial score (nSPS) is 15.4. The number of thioether (sulfide) groups is 1. The molecule has 0 spiro atoms. The van der Waals surface area contributed by atoms with Crippen molar-refractivity contribution in [1.82, 2.24) is 5.32 Å². The predicted octanol–water partition coefficient (Wildman–Crippen LogP) is 2.89. The number of thiophene rings is 1. The number of ether oxygens (including phenoxy) is 1. The fraction of sp³-hybridized carbons (Fsp3) is 0.391. The molecule has 2 aliphatic rings. The van der Waals surface area contributed by atoms with Gasteiger partial charge in [0, 0.05) is 15.8 Å². The molecular weight excluding hydrogens is 462 g/mol. The summed E-state index contributed by atoms with van der Waals surface area (Å²) in [6.07, 6.45) is 3.50. The minimum atomic E-state index is -1.09. The van der Waals surface area contributed by atoms with Crippen LogP contribution in [0.25, 0.3) is 0 Å². The lowest BCUT2D eigenvalue weighted by Crippen LogP contribution is -2.30. The molecule has 8 nitrogen and oxygen atoms in total. The molecule has 1 aromatic carbocycles. The van der Waals surface area contributed by atoms with Crippen molar-refractivity contribution < 1.29 is 23.9 Å². The molecule has 3 amide bonds. The third-order valence-corrected chi connectivity index (χ3v) is 7.75. The van der Waals surface area contributed by atoms with Crippen LogP contribution >= 0.6 is 23.1 Å². The number of carbonyl (C=O) groups excluding carboxylic acids is 4. The van der Waals surface area contributed by atoms with Crippen molar-refractivity contribution in [3.05, 3.63) is 45.8 Å². The largest absolute Gasteiger partial charge is 0.449 e. The first-order valence-corrected chi connectivity index (χ1v) is 12.6. The lowest BCUT2D eigenvalue weighted by molar-refractivity contribution is -0.123. The van der Waals surface area contributed by atoms with Crippen LogP contribution in [0.2, 0.25) is 0 Å². The summed E-state index contributed by atoms with van der Waals surface area (Å²) in [4.78, 5) is 51.0. The fourth-order valence-electron chi connectivity index (χ4n) is 3.65. The first-order valence-electron chi connectivity index (χ1n) is 10.8. The van der Waals surface area contributed by atoms with E-state index in [0.29, 0.717) is 15.5 Å². The maximum atomic E-state index is 12.8. The number of nitrogens with one attached hydrogen (secondary N) is 2. The van der Waals surface area contributed by atoms with Gasteiger partial charge in [-0.25, -0.2) is 4.79 Å². The van der Waals surface area contributed by atoms with Gasteiger partial charge in [0.25, 0.3) is 11.8 Å². The van der Waals surface area contributed by atoms with Gasteiger partial charge in [-0.1, -0.05) is 12.1 Å². The molecular formula is C23H25N3O5S2. The monoisotopic (exact) mass is 487 g/mol. The molecule has 0 saturated heterocycles. The Hall–Kier alpha value is -2.85. The van der Waals surface area contributed by atoms with Crippen LogP contribution in [0.4, 0.5) is 5.00 Å². The molecule has 2 aliphatic carbocycles. The Balaban J connectivity index is 1.38. The van der Waals surface area contributed by atoms with E-state index in [1.54, 1.807) is 24.3 Å². The molecule has 1 heterocycles. The molecule has 10 heteroatoms. The molecule has 1 aromatic heterocycles. The van der Waals surface area contributed by atoms with Gasteiger partial charge in [-0.2, -0.15) is 0 Å². The minimum absolute atomic E-state index is 0.0773. The van der Waals surface area contributed by atoms with Crippen LogP contribution in [0.1, 0.15) is 57.3 Å². The maximum absolute atomic E-state index is 12.8. The number of primary amides is 1. The van der Waals surface area contributed by atoms with Gasteiger partial charge >= 0.3 is 5.97 Å². The zero-order chi connectivity index (χ0) is 23.5. The first-order chi connectivity index (χ1) is 15.8. The van der Waals surface area contributed by atoms with E-state index in [9.17, 15) is 19.2 Å². The summed E-state index contributed by atoms with van der Waals surface area (Å²) in [5.41, 5.74) is 7.08. The molecule has 1 fully saturated rings. The minimum Gasteiger partial charge on any atom is -0.449 e. The zero-order valence-electron chi connectivity index (χ0n) is 18.1. The summed E-state index contributed by atoms with van der Waals surface area (Å²) in [7, 11) is 0. The summed E-state index contributed by atoms with van der Waals surface area (Å²) in [5.74, 6) is -1.67. The third-order valence-electron chi connectivity index (χ3n) is 5.47. The molecule has 2 aromatic rings. The quantitative estimate of drug-likeness (QED) is 0.369. The molecule has 0 radical (unpaired) electrons. The summed E-state index contributed by atoms with van der Waals surface area (Å²) in [6, 6.07) is 7.08.